The Hall–Kier alpha value is -2.72. The molecule has 29 heavy (non-hydrogen) atoms. The number of carbonyl (C=O) groups is 2. The molecule has 0 saturated carbocycles. The third-order valence-corrected chi connectivity index (χ3v) is 5.95. The van der Waals surface area contributed by atoms with Gasteiger partial charge < -0.3 is 19.6 Å². The molecule has 10 heteroatoms. The van der Waals surface area contributed by atoms with Crippen LogP contribution in [0.4, 0.5) is 0 Å². The Bertz CT molecular complexity index is 928. The lowest BCUT2D eigenvalue weighted by Crippen LogP contribution is -2.26. The number of nitrogens with zero attached hydrogens (tertiary/aromatic N) is 2. The summed E-state index contributed by atoms with van der Waals surface area (Å²) in [7, 11) is 1.63. The standard InChI is InChI=1S/C19H19N3O5S2/c1-26-15-5-4-12(7-13(15)10-28-11-14-3-2-6-27-14)9-20-22-19-21-18(25)16(29-19)8-17(23)24/h2-7,9,16H,8,10-11H2,1H3,(H,23,24)(H,21,22,25). The van der Waals surface area contributed by atoms with Crippen molar-refractivity contribution in [2.45, 2.75) is 23.2 Å². The van der Waals surface area contributed by atoms with E-state index in [9.17, 15) is 9.59 Å². The summed E-state index contributed by atoms with van der Waals surface area (Å²) in [5.41, 5.74) is 1.85. The molecule has 2 N–H and O–H groups in total. The molecule has 1 aliphatic rings. The van der Waals surface area contributed by atoms with E-state index >= 15 is 0 Å². The highest BCUT2D eigenvalue weighted by Crippen LogP contribution is 2.26. The molecule has 3 rings (SSSR count). The molecule has 8 nitrogen and oxygen atoms in total. The van der Waals surface area contributed by atoms with E-state index in [1.54, 1.807) is 31.3 Å². The fraction of sp³-hybridized carbons (Fsp3) is 0.263. The van der Waals surface area contributed by atoms with E-state index in [2.05, 4.69) is 15.5 Å². The molecule has 0 bridgehead atoms. The number of amides is 1. The van der Waals surface area contributed by atoms with Crippen molar-refractivity contribution in [1.29, 1.82) is 0 Å². The molecule has 0 aliphatic carbocycles. The van der Waals surface area contributed by atoms with Crippen molar-refractivity contribution in [3.63, 3.8) is 0 Å². The van der Waals surface area contributed by atoms with Gasteiger partial charge in [-0.15, -0.1) is 16.9 Å². The lowest BCUT2D eigenvalue weighted by atomic mass is 10.1. The van der Waals surface area contributed by atoms with E-state index in [4.69, 9.17) is 14.3 Å². The zero-order valence-electron chi connectivity index (χ0n) is 15.5. The molecule has 2 aromatic rings. The van der Waals surface area contributed by atoms with Gasteiger partial charge in [0.25, 0.3) is 0 Å². The lowest BCUT2D eigenvalue weighted by molar-refractivity contribution is -0.138. The highest BCUT2D eigenvalue weighted by Gasteiger charge is 2.32. The average Bonchev–Trinajstić information content (AvgIpc) is 3.32. The van der Waals surface area contributed by atoms with Crippen molar-refractivity contribution in [1.82, 2.24) is 5.32 Å². The number of amidine groups is 1. The van der Waals surface area contributed by atoms with Gasteiger partial charge in [0.2, 0.25) is 5.91 Å². The second-order valence-electron chi connectivity index (χ2n) is 5.99. The molecule has 1 aromatic carbocycles. The number of nitrogens with one attached hydrogen (secondary N) is 1. The van der Waals surface area contributed by atoms with E-state index in [0.717, 1.165) is 45.9 Å². The van der Waals surface area contributed by atoms with Crippen LogP contribution in [0, 0.1) is 0 Å². The fourth-order valence-electron chi connectivity index (χ4n) is 2.54. The minimum Gasteiger partial charge on any atom is -0.496 e. The number of carboxylic acids is 1. The van der Waals surface area contributed by atoms with Crippen molar-refractivity contribution in [3.8, 4) is 5.75 Å². The number of furan rings is 1. The molecule has 1 atom stereocenters. The maximum Gasteiger partial charge on any atom is 0.305 e. The first-order chi connectivity index (χ1) is 14.0. The second-order valence-corrected chi connectivity index (χ2v) is 8.16. The normalized spacial score (nSPS) is 17.8. The number of aliphatic carboxylic acids is 1. The zero-order chi connectivity index (χ0) is 20.6. The number of carboxylic acid groups (broad SMARTS) is 1. The number of carbonyl (C=O) groups excluding carboxylic acids is 1. The third-order valence-electron chi connectivity index (χ3n) is 3.88. The number of hydrogen-bond donors (Lipinski definition) is 2. The summed E-state index contributed by atoms with van der Waals surface area (Å²) in [6, 6.07) is 9.49. The summed E-state index contributed by atoms with van der Waals surface area (Å²) >= 11 is 2.77. The van der Waals surface area contributed by atoms with Crippen LogP contribution in [0.15, 0.2) is 51.2 Å². The van der Waals surface area contributed by atoms with Crippen molar-refractivity contribution >= 4 is 46.8 Å². The van der Waals surface area contributed by atoms with Crippen LogP contribution in [0.1, 0.15) is 23.3 Å². The van der Waals surface area contributed by atoms with Crippen molar-refractivity contribution in [2.24, 2.45) is 10.2 Å². The number of hydrogen-bond acceptors (Lipinski definition) is 8. The van der Waals surface area contributed by atoms with Crippen LogP contribution in [-0.2, 0) is 21.1 Å². The Labute approximate surface area is 175 Å². The Morgan fingerprint density at radius 1 is 1.41 bits per heavy atom. The monoisotopic (exact) mass is 433 g/mol. The minimum absolute atomic E-state index is 0.253. The molecule has 1 amide bonds. The Morgan fingerprint density at radius 3 is 3.00 bits per heavy atom. The van der Waals surface area contributed by atoms with Crippen LogP contribution in [-0.4, -0.2) is 40.7 Å². The van der Waals surface area contributed by atoms with E-state index in [0.29, 0.717) is 5.17 Å². The summed E-state index contributed by atoms with van der Waals surface area (Å²) in [5, 5.41) is 18.9. The molecule has 2 heterocycles. The summed E-state index contributed by atoms with van der Waals surface area (Å²) in [6.45, 7) is 0. The first-order valence-electron chi connectivity index (χ1n) is 8.62. The molecule has 0 spiro atoms. The van der Waals surface area contributed by atoms with Gasteiger partial charge in [-0.1, -0.05) is 11.8 Å². The predicted molar refractivity (Wildman–Crippen MR) is 114 cm³/mol. The van der Waals surface area contributed by atoms with Gasteiger partial charge in [0.05, 0.1) is 31.8 Å². The van der Waals surface area contributed by atoms with Gasteiger partial charge in [-0.05, 0) is 35.9 Å². The number of benzene rings is 1. The fourth-order valence-corrected chi connectivity index (χ4v) is 4.37. The molecule has 1 saturated heterocycles. The van der Waals surface area contributed by atoms with Crippen LogP contribution in [0.2, 0.25) is 0 Å². The molecule has 0 radical (unpaired) electrons. The van der Waals surface area contributed by atoms with E-state index < -0.39 is 11.2 Å². The molecule has 1 aromatic heterocycles. The van der Waals surface area contributed by atoms with Crippen molar-refractivity contribution < 1.29 is 23.8 Å². The van der Waals surface area contributed by atoms with E-state index in [1.807, 2.05) is 30.3 Å². The molecule has 1 unspecified atom stereocenters. The first kappa shape index (κ1) is 21.0. The minimum atomic E-state index is -1.03. The lowest BCUT2D eigenvalue weighted by Gasteiger charge is -2.08. The van der Waals surface area contributed by atoms with Gasteiger partial charge >= 0.3 is 5.97 Å². The van der Waals surface area contributed by atoms with Gasteiger partial charge in [0, 0.05) is 11.3 Å². The Kier molecular flexibility index (Phi) is 7.36. The molecular weight excluding hydrogens is 414 g/mol. The van der Waals surface area contributed by atoms with Gasteiger partial charge in [0.15, 0.2) is 5.17 Å². The molecule has 1 fully saturated rings. The quantitative estimate of drug-likeness (QED) is 0.461. The maximum absolute atomic E-state index is 11.7. The van der Waals surface area contributed by atoms with Gasteiger partial charge in [-0.3, -0.25) is 9.59 Å². The number of thioether (sulfide) groups is 2. The van der Waals surface area contributed by atoms with Crippen molar-refractivity contribution in [2.75, 3.05) is 7.11 Å². The largest absolute Gasteiger partial charge is 0.496 e. The predicted octanol–water partition coefficient (Wildman–Crippen LogP) is 3.12. The summed E-state index contributed by atoms with van der Waals surface area (Å²) in [6.07, 6.45) is 2.98. The van der Waals surface area contributed by atoms with Crippen LogP contribution in [0.3, 0.4) is 0 Å². The highest BCUT2D eigenvalue weighted by atomic mass is 32.2. The van der Waals surface area contributed by atoms with Gasteiger partial charge in [-0.25, -0.2) is 0 Å². The first-order valence-corrected chi connectivity index (χ1v) is 10.7. The number of rotatable bonds is 9. The number of ether oxygens (including phenoxy) is 1. The van der Waals surface area contributed by atoms with E-state index in [-0.39, 0.29) is 12.3 Å². The number of methoxy groups -OCH3 is 1. The highest BCUT2D eigenvalue weighted by molar-refractivity contribution is 8.15. The zero-order valence-corrected chi connectivity index (χ0v) is 17.2. The average molecular weight is 434 g/mol. The summed E-state index contributed by atoms with van der Waals surface area (Å²) in [4.78, 5) is 22.5. The second kappa shape index (κ2) is 10.2. The van der Waals surface area contributed by atoms with Gasteiger partial charge in [0.1, 0.15) is 16.8 Å². The van der Waals surface area contributed by atoms with Crippen LogP contribution < -0.4 is 10.1 Å². The maximum atomic E-state index is 11.7. The van der Waals surface area contributed by atoms with Crippen LogP contribution in [0.5, 0.6) is 5.75 Å². The Morgan fingerprint density at radius 2 is 2.28 bits per heavy atom. The summed E-state index contributed by atoms with van der Waals surface area (Å²) in [5.74, 6) is 1.81. The smallest absolute Gasteiger partial charge is 0.305 e. The third kappa shape index (κ3) is 6.13. The topological polar surface area (TPSA) is 113 Å². The molecule has 1 aliphatic heterocycles. The Balaban J connectivity index is 1.61. The summed E-state index contributed by atoms with van der Waals surface area (Å²) < 4.78 is 10.8. The molecular formula is C19H19N3O5S2. The van der Waals surface area contributed by atoms with Crippen LogP contribution in [0.25, 0.3) is 0 Å². The van der Waals surface area contributed by atoms with E-state index in [1.165, 1.54) is 0 Å². The van der Waals surface area contributed by atoms with Crippen molar-refractivity contribution in [3.05, 3.63) is 53.5 Å². The van der Waals surface area contributed by atoms with Gasteiger partial charge in [-0.2, -0.15) is 5.10 Å². The SMILES string of the molecule is COc1ccc(C=NN=C2NC(=O)C(CC(=O)O)S2)cc1CSCc1ccco1. The van der Waals surface area contributed by atoms with Crippen LogP contribution >= 0.6 is 23.5 Å². The molecule has 152 valence electrons.